The average molecular weight is 321 g/mol. The average Bonchev–Trinajstić information content (AvgIpc) is 2.50. The van der Waals surface area contributed by atoms with Crippen molar-refractivity contribution in [3.63, 3.8) is 0 Å². The van der Waals surface area contributed by atoms with Gasteiger partial charge >= 0.3 is 0 Å². The molecule has 114 valence electrons. The summed E-state index contributed by atoms with van der Waals surface area (Å²) < 4.78 is 4.84. The second-order valence-corrected chi connectivity index (χ2v) is 4.59. The van der Waals surface area contributed by atoms with Gasteiger partial charge in [0.25, 0.3) is 5.69 Å². The molecule has 0 aliphatic carbocycles. The Morgan fingerprint density at radius 2 is 2.09 bits per heavy atom. The van der Waals surface area contributed by atoms with E-state index < -0.39 is 16.4 Å². The molecule has 0 unspecified atom stereocenters. The van der Waals surface area contributed by atoms with Crippen molar-refractivity contribution in [1.82, 2.24) is 0 Å². The Kier molecular flexibility index (Phi) is 4.80. The van der Waals surface area contributed by atoms with E-state index in [4.69, 9.17) is 16.3 Å². The predicted octanol–water partition coefficient (Wildman–Crippen LogP) is 2.78. The maximum Gasteiger partial charge on any atom is 0.266 e. The molecule has 0 radical (unpaired) electrons. The topological polar surface area (TPSA) is 99.8 Å². The van der Waals surface area contributed by atoms with Gasteiger partial charge in [0.15, 0.2) is 0 Å². The van der Waals surface area contributed by atoms with Gasteiger partial charge < -0.3 is 9.84 Å². The fourth-order valence-corrected chi connectivity index (χ4v) is 1.88. The number of nitrogens with one attached hydrogen (secondary N) is 1. The number of hydrogen-bond donors (Lipinski definition) is 1. The molecule has 7 nitrogen and oxygen atoms in total. The molecule has 0 heterocycles. The number of para-hydroxylation sites is 1. The third-order valence-electron chi connectivity index (χ3n) is 2.75. The maximum atomic E-state index is 11.7. The first-order valence-corrected chi connectivity index (χ1v) is 6.47. The number of ether oxygens (including phenoxy) is 1. The minimum atomic E-state index is -0.774. The van der Waals surface area contributed by atoms with Crippen molar-refractivity contribution in [3.8, 4) is 11.5 Å². The van der Waals surface area contributed by atoms with E-state index in [0.717, 1.165) is 6.07 Å². The summed E-state index contributed by atoms with van der Waals surface area (Å²) in [5, 5.41) is 27.0. The van der Waals surface area contributed by atoms with Crippen molar-refractivity contribution in [3.05, 3.63) is 57.1 Å². The molecule has 0 aliphatic rings. The van der Waals surface area contributed by atoms with Crippen LogP contribution in [0, 0.1) is 10.1 Å². The van der Waals surface area contributed by atoms with Crippen LogP contribution in [0.25, 0.3) is 0 Å². The summed E-state index contributed by atoms with van der Waals surface area (Å²) in [5.74, 6) is -0.892. The highest BCUT2D eigenvalue weighted by molar-refractivity contribution is 6.33. The number of nitro groups is 1. The lowest BCUT2D eigenvalue weighted by Crippen LogP contribution is -2.02. The van der Waals surface area contributed by atoms with Crippen LogP contribution in [0.2, 0.25) is 5.02 Å². The number of rotatable bonds is 5. The van der Waals surface area contributed by atoms with Crippen LogP contribution in [0.1, 0.15) is 5.56 Å². The minimum Gasteiger partial charge on any atom is -0.865 e. The molecule has 2 aromatic carbocycles. The second-order valence-electron chi connectivity index (χ2n) is 4.18. The zero-order valence-electron chi connectivity index (χ0n) is 11.4. The van der Waals surface area contributed by atoms with E-state index in [0.29, 0.717) is 16.3 Å². The SMILES string of the molecule is COc1cc(/C=N\Nc2ccccc2Cl)cc([N+](=O)[O-])c1[O-]. The number of anilines is 1. The molecule has 1 N–H and O–H groups in total. The van der Waals surface area contributed by atoms with Crippen molar-refractivity contribution < 1.29 is 14.8 Å². The van der Waals surface area contributed by atoms with Gasteiger partial charge in [-0.25, -0.2) is 0 Å². The monoisotopic (exact) mass is 320 g/mol. The van der Waals surface area contributed by atoms with Crippen molar-refractivity contribution in [1.29, 1.82) is 0 Å². The quantitative estimate of drug-likeness (QED) is 0.518. The molecule has 0 aliphatic heterocycles. The number of hydrazone groups is 1. The summed E-state index contributed by atoms with van der Waals surface area (Å²) in [6.45, 7) is 0. The Morgan fingerprint density at radius 1 is 1.36 bits per heavy atom. The van der Waals surface area contributed by atoms with Crippen LogP contribution in [-0.2, 0) is 0 Å². The van der Waals surface area contributed by atoms with Gasteiger partial charge in [-0.1, -0.05) is 23.7 Å². The molecule has 0 aromatic heterocycles. The molecule has 0 saturated carbocycles. The summed E-state index contributed by atoms with van der Waals surface area (Å²) >= 11 is 5.95. The Balaban J connectivity index is 2.26. The lowest BCUT2D eigenvalue weighted by molar-refractivity contribution is -0.398. The normalized spacial score (nSPS) is 10.6. The van der Waals surface area contributed by atoms with Gasteiger partial charge in [-0.05, 0) is 18.2 Å². The number of nitrogens with zero attached hydrogens (tertiary/aromatic N) is 2. The summed E-state index contributed by atoms with van der Waals surface area (Å²) in [7, 11) is 1.27. The maximum absolute atomic E-state index is 11.7. The highest BCUT2D eigenvalue weighted by atomic mass is 35.5. The molecule has 0 spiro atoms. The Labute approximate surface area is 130 Å². The van der Waals surface area contributed by atoms with E-state index in [2.05, 4.69) is 10.5 Å². The number of halogens is 1. The number of methoxy groups -OCH3 is 1. The van der Waals surface area contributed by atoms with Gasteiger partial charge in [0.1, 0.15) is 5.75 Å². The molecule has 22 heavy (non-hydrogen) atoms. The number of benzene rings is 2. The predicted molar refractivity (Wildman–Crippen MR) is 81.8 cm³/mol. The lowest BCUT2D eigenvalue weighted by Gasteiger charge is -2.13. The Morgan fingerprint density at radius 3 is 2.73 bits per heavy atom. The van der Waals surface area contributed by atoms with Crippen LogP contribution in [0.3, 0.4) is 0 Å². The second kappa shape index (κ2) is 6.77. The van der Waals surface area contributed by atoms with E-state index >= 15 is 0 Å². The first kappa shape index (κ1) is 15.6. The van der Waals surface area contributed by atoms with Gasteiger partial charge in [0, 0.05) is 17.4 Å². The van der Waals surface area contributed by atoms with Crippen LogP contribution in [0.15, 0.2) is 41.5 Å². The van der Waals surface area contributed by atoms with Crippen molar-refractivity contribution in [2.75, 3.05) is 12.5 Å². The summed E-state index contributed by atoms with van der Waals surface area (Å²) in [5.41, 5.74) is 3.08. The minimum absolute atomic E-state index is 0.117. The summed E-state index contributed by atoms with van der Waals surface area (Å²) in [6.07, 6.45) is 1.33. The van der Waals surface area contributed by atoms with Crippen molar-refractivity contribution in [2.45, 2.75) is 0 Å². The first-order valence-electron chi connectivity index (χ1n) is 6.10. The molecule has 8 heteroatoms. The van der Waals surface area contributed by atoms with E-state index in [-0.39, 0.29) is 5.75 Å². The fourth-order valence-electron chi connectivity index (χ4n) is 1.70. The Bertz CT molecular complexity index is 734. The van der Waals surface area contributed by atoms with Crippen LogP contribution >= 0.6 is 11.6 Å². The van der Waals surface area contributed by atoms with Gasteiger partial charge in [-0.3, -0.25) is 15.5 Å². The third-order valence-corrected chi connectivity index (χ3v) is 3.08. The van der Waals surface area contributed by atoms with Gasteiger partial charge in [0.05, 0.1) is 29.0 Å². The molecule has 2 aromatic rings. The zero-order chi connectivity index (χ0) is 16.1. The molecular formula is C14H11ClN3O4-. The van der Waals surface area contributed by atoms with Gasteiger partial charge in [0.2, 0.25) is 0 Å². The largest absolute Gasteiger partial charge is 0.865 e. The van der Waals surface area contributed by atoms with Gasteiger partial charge in [-0.2, -0.15) is 5.10 Å². The zero-order valence-corrected chi connectivity index (χ0v) is 12.2. The van der Waals surface area contributed by atoms with E-state index in [1.54, 1.807) is 24.3 Å². The molecule has 0 fully saturated rings. The third kappa shape index (κ3) is 3.44. The van der Waals surface area contributed by atoms with E-state index in [1.807, 2.05) is 0 Å². The summed E-state index contributed by atoms with van der Waals surface area (Å²) in [4.78, 5) is 10.1. The number of hydrogen-bond acceptors (Lipinski definition) is 6. The number of nitro benzene ring substituents is 1. The van der Waals surface area contributed by atoms with Crippen molar-refractivity contribution in [2.24, 2.45) is 5.10 Å². The molecule has 0 bridgehead atoms. The van der Waals surface area contributed by atoms with Crippen LogP contribution in [-0.4, -0.2) is 18.2 Å². The Hall–Kier alpha value is -2.80. The summed E-state index contributed by atoms with van der Waals surface area (Å²) in [6, 6.07) is 9.47. The van der Waals surface area contributed by atoms with Crippen LogP contribution in [0.5, 0.6) is 11.5 Å². The fraction of sp³-hybridized carbons (Fsp3) is 0.0714. The van der Waals surface area contributed by atoms with E-state index in [9.17, 15) is 15.2 Å². The first-order chi connectivity index (χ1) is 10.5. The van der Waals surface area contributed by atoms with Crippen LogP contribution < -0.4 is 15.3 Å². The lowest BCUT2D eigenvalue weighted by atomic mass is 10.2. The highest BCUT2D eigenvalue weighted by Gasteiger charge is 2.12. The highest BCUT2D eigenvalue weighted by Crippen LogP contribution is 2.33. The standard InChI is InChI=1S/C14H12ClN3O4/c1-22-13-7-9(6-12(14(13)19)18(20)21)8-16-17-11-5-3-2-4-10(11)15/h2-8,17,19H,1H3/p-1/b16-8-. The van der Waals surface area contributed by atoms with E-state index in [1.165, 1.54) is 19.4 Å². The molecule has 0 amide bonds. The molecule has 0 saturated heterocycles. The van der Waals surface area contributed by atoms with Gasteiger partial charge in [-0.15, -0.1) is 0 Å². The molecular weight excluding hydrogens is 310 g/mol. The van der Waals surface area contributed by atoms with Crippen molar-refractivity contribution >= 4 is 29.2 Å². The molecule has 2 rings (SSSR count). The molecule has 0 atom stereocenters. The smallest absolute Gasteiger partial charge is 0.266 e. The van der Waals surface area contributed by atoms with Crippen LogP contribution in [0.4, 0.5) is 11.4 Å².